The molecule has 2 atom stereocenters. The van der Waals surface area contributed by atoms with Crippen LogP contribution >= 0.6 is 11.3 Å². The maximum atomic E-state index is 13.6. The van der Waals surface area contributed by atoms with Crippen molar-refractivity contribution in [2.24, 2.45) is 0 Å². The maximum absolute atomic E-state index is 13.6. The summed E-state index contributed by atoms with van der Waals surface area (Å²) in [6.45, 7) is 6.18. The fourth-order valence-electron chi connectivity index (χ4n) is 4.95. The number of ketones is 1. The molecule has 10 heteroatoms. The maximum Gasteiger partial charge on any atom is 0.350 e. The number of anilines is 1. The van der Waals surface area contributed by atoms with Crippen LogP contribution in [0.4, 0.5) is 5.13 Å². The third-order valence-corrected chi connectivity index (χ3v) is 8.05. The second-order valence-electron chi connectivity index (χ2n) is 9.80. The molecule has 208 valence electrons. The molecular formula is C30H30N2O7S. The van der Waals surface area contributed by atoms with Crippen molar-refractivity contribution < 1.29 is 33.7 Å². The smallest absolute Gasteiger partial charge is 0.350 e. The van der Waals surface area contributed by atoms with Gasteiger partial charge in [-0.2, -0.15) is 0 Å². The van der Waals surface area contributed by atoms with Crippen molar-refractivity contribution in [3.05, 3.63) is 75.3 Å². The molecule has 1 saturated heterocycles. The number of aryl methyl sites for hydroxylation is 1. The molecule has 2 aliphatic heterocycles. The Morgan fingerprint density at radius 3 is 2.77 bits per heavy atom. The highest BCUT2D eigenvalue weighted by Gasteiger charge is 2.48. The van der Waals surface area contributed by atoms with Crippen LogP contribution in [0, 0.1) is 6.92 Å². The Bertz CT molecular complexity index is 1530. The first-order valence-corrected chi connectivity index (χ1v) is 13.9. The summed E-state index contributed by atoms with van der Waals surface area (Å²) in [5.74, 6) is -1.29. The number of fused-ring (bicyclic) bond motifs is 1. The van der Waals surface area contributed by atoms with Gasteiger partial charge in [-0.15, -0.1) is 0 Å². The summed E-state index contributed by atoms with van der Waals surface area (Å²) in [5.41, 5.74) is 2.17. The van der Waals surface area contributed by atoms with Gasteiger partial charge < -0.3 is 19.3 Å². The Labute approximate surface area is 236 Å². The molecule has 1 fully saturated rings. The number of esters is 1. The van der Waals surface area contributed by atoms with E-state index in [1.54, 1.807) is 49.4 Å². The van der Waals surface area contributed by atoms with Gasteiger partial charge >= 0.3 is 11.9 Å². The zero-order valence-corrected chi connectivity index (χ0v) is 23.5. The summed E-state index contributed by atoms with van der Waals surface area (Å²) in [4.78, 5) is 45.3. The van der Waals surface area contributed by atoms with Crippen molar-refractivity contribution in [2.45, 2.75) is 52.2 Å². The minimum atomic E-state index is -1.01. The number of aliphatic hydroxyl groups is 1. The lowest BCUT2D eigenvalue weighted by Crippen LogP contribution is -2.29. The van der Waals surface area contributed by atoms with E-state index in [2.05, 4.69) is 11.9 Å². The minimum Gasteiger partial charge on any atom is -0.507 e. The van der Waals surface area contributed by atoms with Gasteiger partial charge in [0.05, 0.1) is 31.0 Å². The number of ether oxygens (including phenoxy) is 3. The van der Waals surface area contributed by atoms with Crippen LogP contribution in [0.2, 0.25) is 0 Å². The molecule has 0 spiro atoms. The molecule has 2 aromatic carbocycles. The van der Waals surface area contributed by atoms with Gasteiger partial charge in [-0.3, -0.25) is 14.5 Å². The Hall–Kier alpha value is -4.18. The van der Waals surface area contributed by atoms with Crippen LogP contribution < -0.4 is 14.4 Å². The van der Waals surface area contributed by atoms with E-state index in [0.29, 0.717) is 35.6 Å². The third-order valence-electron chi connectivity index (χ3n) is 6.92. The summed E-state index contributed by atoms with van der Waals surface area (Å²) in [5, 5.41) is 11.7. The van der Waals surface area contributed by atoms with Crippen LogP contribution in [0.25, 0.3) is 5.76 Å². The molecule has 0 saturated carbocycles. The highest BCUT2D eigenvalue weighted by Crippen LogP contribution is 2.45. The molecule has 9 nitrogen and oxygen atoms in total. The summed E-state index contributed by atoms with van der Waals surface area (Å²) in [6, 6.07) is 11.3. The number of rotatable bonds is 8. The van der Waals surface area contributed by atoms with E-state index in [-0.39, 0.29) is 27.4 Å². The van der Waals surface area contributed by atoms with E-state index < -0.39 is 23.7 Å². The van der Waals surface area contributed by atoms with E-state index in [0.717, 1.165) is 35.5 Å². The average Bonchev–Trinajstić information content (AvgIpc) is 3.59. The van der Waals surface area contributed by atoms with E-state index >= 15 is 0 Å². The standard InChI is InChI=1S/C30H30N2O7S/c1-5-6-12-38-21-9-7-8-18(15-21)24-23(25(33)19-10-11-22-20(14-19)13-16(2)39-22)26(34)28(35)32(24)30-31-17(3)27(40-30)29(36)37-4/h7-11,14-16,24,33H,5-6,12-13H2,1-4H3/b25-23+/t16-,24-/m1/s1. The quantitative estimate of drug-likeness (QED) is 0.128. The lowest BCUT2D eigenvalue weighted by atomic mass is 9.94. The van der Waals surface area contributed by atoms with E-state index in [4.69, 9.17) is 14.2 Å². The first-order chi connectivity index (χ1) is 19.2. The van der Waals surface area contributed by atoms with Crippen LogP contribution in [-0.2, 0) is 20.7 Å². The number of Topliss-reactive ketones (excluding diaryl/α,β-unsaturated/α-hetero) is 1. The number of hydrogen-bond acceptors (Lipinski definition) is 9. The molecule has 0 bridgehead atoms. The lowest BCUT2D eigenvalue weighted by Gasteiger charge is -2.23. The average molecular weight is 563 g/mol. The normalized spacial score (nSPS) is 19.4. The molecule has 5 rings (SSSR count). The number of carbonyl (C=O) groups excluding carboxylic acids is 3. The fourth-order valence-corrected chi connectivity index (χ4v) is 5.96. The van der Waals surface area contributed by atoms with Crippen LogP contribution in [-0.4, -0.2) is 47.6 Å². The molecular weight excluding hydrogens is 532 g/mol. The van der Waals surface area contributed by atoms with Crippen molar-refractivity contribution in [1.29, 1.82) is 0 Å². The summed E-state index contributed by atoms with van der Waals surface area (Å²) < 4.78 is 16.5. The fraction of sp³-hybridized carbons (Fsp3) is 0.333. The van der Waals surface area contributed by atoms with Gasteiger partial charge in [-0.25, -0.2) is 9.78 Å². The van der Waals surface area contributed by atoms with Gasteiger partial charge in [0.25, 0.3) is 5.78 Å². The molecule has 1 amide bonds. The van der Waals surface area contributed by atoms with Crippen molar-refractivity contribution in [3.63, 3.8) is 0 Å². The van der Waals surface area contributed by atoms with Gasteiger partial charge in [0.1, 0.15) is 28.2 Å². The van der Waals surface area contributed by atoms with E-state index in [1.165, 1.54) is 12.0 Å². The third kappa shape index (κ3) is 4.95. The van der Waals surface area contributed by atoms with Gasteiger partial charge in [0.2, 0.25) is 0 Å². The summed E-state index contributed by atoms with van der Waals surface area (Å²) >= 11 is 0.956. The molecule has 40 heavy (non-hydrogen) atoms. The number of thiazole rings is 1. The van der Waals surface area contributed by atoms with Crippen LogP contribution in [0.15, 0.2) is 48.0 Å². The van der Waals surface area contributed by atoms with Crippen molar-refractivity contribution in [1.82, 2.24) is 4.98 Å². The number of unbranched alkanes of at least 4 members (excludes halogenated alkanes) is 1. The molecule has 0 aliphatic carbocycles. The lowest BCUT2D eigenvalue weighted by molar-refractivity contribution is -0.132. The van der Waals surface area contributed by atoms with Gasteiger partial charge in [0.15, 0.2) is 5.13 Å². The highest BCUT2D eigenvalue weighted by molar-refractivity contribution is 7.17. The number of amides is 1. The van der Waals surface area contributed by atoms with Crippen molar-refractivity contribution >= 4 is 39.9 Å². The molecule has 0 unspecified atom stereocenters. The minimum absolute atomic E-state index is 0.00516. The zero-order chi connectivity index (χ0) is 28.6. The predicted octanol–water partition coefficient (Wildman–Crippen LogP) is 5.37. The number of aliphatic hydroxyl groups excluding tert-OH is 1. The molecule has 1 N–H and O–H groups in total. The molecule has 3 aromatic rings. The van der Waals surface area contributed by atoms with Gasteiger partial charge in [-0.1, -0.05) is 36.8 Å². The molecule has 2 aliphatic rings. The SMILES string of the molecule is CCCCOc1cccc([C@@H]2/C(=C(\O)c3ccc4c(c3)C[C@@H](C)O4)C(=O)C(=O)N2c2nc(C)c(C(=O)OC)s2)c1. The number of hydrogen-bond donors (Lipinski definition) is 1. The Balaban J connectivity index is 1.65. The summed E-state index contributed by atoms with van der Waals surface area (Å²) in [7, 11) is 1.26. The summed E-state index contributed by atoms with van der Waals surface area (Å²) in [6.07, 6.45) is 2.51. The molecule has 3 heterocycles. The highest BCUT2D eigenvalue weighted by atomic mass is 32.1. The number of methoxy groups -OCH3 is 1. The Morgan fingerprint density at radius 2 is 2.02 bits per heavy atom. The largest absolute Gasteiger partial charge is 0.507 e. The second kappa shape index (κ2) is 11.1. The van der Waals surface area contributed by atoms with Crippen molar-refractivity contribution in [3.8, 4) is 11.5 Å². The second-order valence-corrected chi connectivity index (χ2v) is 10.8. The zero-order valence-electron chi connectivity index (χ0n) is 22.7. The first kappa shape index (κ1) is 27.4. The molecule has 1 aromatic heterocycles. The van der Waals surface area contributed by atoms with Gasteiger partial charge in [0, 0.05) is 12.0 Å². The first-order valence-electron chi connectivity index (χ1n) is 13.1. The van der Waals surface area contributed by atoms with Gasteiger partial charge in [-0.05, 0) is 61.7 Å². The van der Waals surface area contributed by atoms with Crippen LogP contribution in [0.5, 0.6) is 11.5 Å². The number of benzene rings is 2. The number of aromatic nitrogens is 1. The number of carbonyl (C=O) groups is 3. The Morgan fingerprint density at radius 1 is 1.23 bits per heavy atom. The van der Waals surface area contributed by atoms with Crippen molar-refractivity contribution in [2.75, 3.05) is 18.6 Å². The van der Waals surface area contributed by atoms with Crippen LogP contribution in [0.1, 0.15) is 64.8 Å². The van der Waals surface area contributed by atoms with Crippen LogP contribution in [0.3, 0.4) is 0 Å². The Kier molecular flexibility index (Phi) is 7.62. The monoisotopic (exact) mass is 562 g/mol. The van der Waals surface area contributed by atoms with E-state index in [1.807, 2.05) is 6.92 Å². The molecule has 0 radical (unpaired) electrons. The topological polar surface area (TPSA) is 115 Å². The predicted molar refractivity (Wildman–Crippen MR) is 150 cm³/mol. The van der Waals surface area contributed by atoms with E-state index in [9.17, 15) is 19.5 Å². The number of nitrogens with zero attached hydrogens (tertiary/aromatic N) is 2.